The van der Waals surface area contributed by atoms with Gasteiger partial charge in [0.2, 0.25) is 5.24 Å². The SMILES string of the molecule is Cc1cc(C)c(C(C=O)C(=O)Cl)c(C)c1. The maximum Gasteiger partial charge on any atom is 0.236 e. The molecule has 1 aromatic rings. The van der Waals surface area contributed by atoms with Gasteiger partial charge in [-0.15, -0.1) is 0 Å². The number of benzene rings is 1. The third-order valence-corrected chi connectivity index (χ3v) is 2.66. The van der Waals surface area contributed by atoms with Gasteiger partial charge in [0.1, 0.15) is 12.2 Å². The van der Waals surface area contributed by atoms with Gasteiger partial charge in [-0.2, -0.15) is 0 Å². The van der Waals surface area contributed by atoms with Gasteiger partial charge in [-0.1, -0.05) is 17.7 Å². The first kappa shape index (κ1) is 11.9. The number of hydrogen-bond donors (Lipinski definition) is 0. The summed E-state index contributed by atoms with van der Waals surface area (Å²) in [7, 11) is 0. The van der Waals surface area contributed by atoms with E-state index < -0.39 is 11.2 Å². The number of rotatable bonds is 3. The molecular formula is C12H13ClO2. The summed E-state index contributed by atoms with van der Waals surface area (Å²) in [6, 6.07) is 3.89. The van der Waals surface area contributed by atoms with Gasteiger partial charge < -0.3 is 4.79 Å². The van der Waals surface area contributed by atoms with Crippen LogP contribution in [-0.2, 0) is 9.59 Å². The van der Waals surface area contributed by atoms with Crippen molar-refractivity contribution in [2.45, 2.75) is 26.7 Å². The van der Waals surface area contributed by atoms with Crippen LogP contribution < -0.4 is 0 Å². The third-order valence-electron chi connectivity index (χ3n) is 2.43. The Labute approximate surface area is 94.2 Å². The molecule has 80 valence electrons. The van der Waals surface area contributed by atoms with E-state index in [-0.39, 0.29) is 0 Å². The first-order valence-electron chi connectivity index (χ1n) is 4.69. The summed E-state index contributed by atoms with van der Waals surface area (Å²) in [6.07, 6.45) is 0.597. The van der Waals surface area contributed by atoms with Crippen LogP contribution in [0.1, 0.15) is 28.2 Å². The summed E-state index contributed by atoms with van der Waals surface area (Å²) >= 11 is 5.39. The van der Waals surface area contributed by atoms with Gasteiger partial charge in [-0.3, -0.25) is 4.79 Å². The number of aryl methyl sites for hydroxylation is 3. The van der Waals surface area contributed by atoms with E-state index in [0.29, 0.717) is 6.29 Å². The first-order valence-corrected chi connectivity index (χ1v) is 5.07. The summed E-state index contributed by atoms with van der Waals surface area (Å²) in [5.41, 5.74) is 3.70. The molecule has 0 saturated carbocycles. The Bertz CT molecular complexity index is 387. The maximum absolute atomic E-state index is 11.1. The molecule has 0 bridgehead atoms. The van der Waals surface area contributed by atoms with Crippen molar-refractivity contribution in [3.8, 4) is 0 Å². The fourth-order valence-electron chi connectivity index (χ4n) is 1.92. The van der Waals surface area contributed by atoms with Crippen LogP contribution in [0.4, 0.5) is 0 Å². The predicted octanol–water partition coefficient (Wildman–Crippen LogP) is 2.66. The fraction of sp³-hybridized carbons (Fsp3) is 0.333. The molecule has 0 aliphatic carbocycles. The number of halogens is 1. The van der Waals surface area contributed by atoms with E-state index in [0.717, 1.165) is 22.3 Å². The van der Waals surface area contributed by atoms with Crippen molar-refractivity contribution in [3.05, 3.63) is 34.4 Å². The molecule has 0 spiro atoms. The van der Waals surface area contributed by atoms with Crippen LogP contribution in [0.2, 0.25) is 0 Å². The Hall–Kier alpha value is -1.15. The summed E-state index contributed by atoms with van der Waals surface area (Å²) in [5.74, 6) is -0.840. The van der Waals surface area contributed by atoms with E-state index >= 15 is 0 Å². The van der Waals surface area contributed by atoms with E-state index in [1.165, 1.54) is 0 Å². The van der Waals surface area contributed by atoms with Crippen molar-refractivity contribution in [2.75, 3.05) is 0 Å². The minimum atomic E-state index is -0.840. The monoisotopic (exact) mass is 224 g/mol. The fourth-order valence-corrected chi connectivity index (χ4v) is 2.08. The van der Waals surface area contributed by atoms with E-state index in [9.17, 15) is 9.59 Å². The highest BCUT2D eigenvalue weighted by Crippen LogP contribution is 2.25. The van der Waals surface area contributed by atoms with Gasteiger partial charge in [0.15, 0.2) is 0 Å². The lowest BCUT2D eigenvalue weighted by Gasteiger charge is -2.14. The number of hydrogen-bond acceptors (Lipinski definition) is 2. The molecule has 0 aromatic heterocycles. The average molecular weight is 225 g/mol. The van der Waals surface area contributed by atoms with E-state index in [1.807, 2.05) is 32.9 Å². The van der Waals surface area contributed by atoms with Crippen molar-refractivity contribution in [1.29, 1.82) is 0 Å². The molecule has 0 aliphatic heterocycles. The zero-order chi connectivity index (χ0) is 11.6. The quantitative estimate of drug-likeness (QED) is 0.449. The molecule has 1 unspecified atom stereocenters. The zero-order valence-electron chi connectivity index (χ0n) is 9.00. The molecule has 0 aliphatic rings. The molecule has 3 heteroatoms. The minimum Gasteiger partial charge on any atom is -0.302 e. The van der Waals surface area contributed by atoms with Crippen molar-refractivity contribution in [3.63, 3.8) is 0 Å². The van der Waals surface area contributed by atoms with Crippen LogP contribution in [0.3, 0.4) is 0 Å². The molecule has 1 rings (SSSR count). The van der Waals surface area contributed by atoms with Crippen molar-refractivity contribution >= 4 is 23.1 Å². The van der Waals surface area contributed by atoms with Gasteiger partial charge >= 0.3 is 0 Å². The summed E-state index contributed by atoms with van der Waals surface area (Å²) in [4.78, 5) is 21.9. The van der Waals surface area contributed by atoms with Gasteiger partial charge in [0, 0.05) is 0 Å². The topological polar surface area (TPSA) is 34.1 Å². The largest absolute Gasteiger partial charge is 0.302 e. The standard InChI is InChI=1S/C12H13ClO2/c1-7-4-8(2)11(9(3)5-7)10(6-14)12(13)15/h4-6,10H,1-3H3. The lowest BCUT2D eigenvalue weighted by atomic mass is 9.91. The molecule has 2 nitrogen and oxygen atoms in total. The van der Waals surface area contributed by atoms with Gasteiger partial charge in [0.05, 0.1) is 0 Å². The molecule has 0 fully saturated rings. The van der Waals surface area contributed by atoms with Crippen LogP contribution in [0.15, 0.2) is 12.1 Å². The highest BCUT2D eigenvalue weighted by molar-refractivity contribution is 6.66. The molecule has 0 amide bonds. The van der Waals surface area contributed by atoms with Gasteiger partial charge in [0.25, 0.3) is 0 Å². The number of carbonyl (C=O) groups excluding carboxylic acids is 2. The van der Waals surface area contributed by atoms with Crippen LogP contribution >= 0.6 is 11.6 Å². The second-order valence-corrected chi connectivity index (χ2v) is 4.10. The highest BCUT2D eigenvalue weighted by Gasteiger charge is 2.21. The Morgan fingerprint density at radius 3 is 2.07 bits per heavy atom. The minimum absolute atomic E-state index is 0.597. The Kier molecular flexibility index (Phi) is 3.64. The van der Waals surface area contributed by atoms with Gasteiger partial charge in [-0.25, -0.2) is 0 Å². The van der Waals surface area contributed by atoms with Crippen LogP contribution in [0.25, 0.3) is 0 Å². The molecule has 15 heavy (non-hydrogen) atoms. The van der Waals surface area contributed by atoms with Gasteiger partial charge in [-0.05, 0) is 49.1 Å². The molecule has 1 aromatic carbocycles. The van der Waals surface area contributed by atoms with Crippen molar-refractivity contribution in [2.24, 2.45) is 0 Å². The van der Waals surface area contributed by atoms with E-state index in [1.54, 1.807) is 0 Å². The molecule has 0 N–H and O–H groups in total. The lowest BCUT2D eigenvalue weighted by molar-refractivity contribution is -0.118. The second kappa shape index (κ2) is 4.58. The number of aldehydes is 1. The lowest BCUT2D eigenvalue weighted by Crippen LogP contribution is -2.11. The maximum atomic E-state index is 11.1. The Morgan fingerprint density at radius 2 is 1.73 bits per heavy atom. The summed E-state index contributed by atoms with van der Waals surface area (Å²) in [6.45, 7) is 5.74. The normalized spacial score (nSPS) is 12.3. The zero-order valence-corrected chi connectivity index (χ0v) is 9.76. The van der Waals surface area contributed by atoms with Crippen molar-refractivity contribution < 1.29 is 9.59 Å². The van der Waals surface area contributed by atoms with E-state index in [2.05, 4.69) is 0 Å². The van der Waals surface area contributed by atoms with Crippen LogP contribution in [0.5, 0.6) is 0 Å². The molecular weight excluding hydrogens is 212 g/mol. The average Bonchev–Trinajstić information content (AvgIpc) is 2.09. The van der Waals surface area contributed by atoms with Crippen LogP contribution in [0, 0.1) is 20.8 Å². The predicted molar refractivity (Wildman–Crippen MR) is 60.3 cm³/mol. The van der Waals surface area contributed by atoms with E-state index in [4.69, 9.17) is 11.6 Å². The molecule has 0 saturated heterocycles. The Morgan fingerprint density at radius 1 is 1.27 bits per heavy atom. The molecule has 0 radical (unpaired) electrons. The summed E-state index contributed by atoms with van der Waals surface area (Å²) in [5, 5.41) is -0.625. The number of carbonyl (C=O) groups is 2. The molecule has 1 atom stereocenters. The second-order valence-electron chi connectivity index (χ2n) is 3.73. The highest BCUT2D eigenvalue weighted by atomic mass is 35.5. The van der Waals surface area contributed by atoms with Crippen LogP contribution in [-0.4, -0.2) is 11.5 Å². The van der Waals surface area contributed by atoms with Crippen molar-refractivity contribution in [1.82, 2.24) is 0 Å². The third kappa shape index (κ3) is 2.45. The summed E-state index contributed by atoms with van der Waals surface area (Å²) < 4.78 is 0. The smallest absolute Gasteiger partial charge is 0.236 e. The first-order chi connectivity index (χ1) is 6.97. The molecule has 0 heterocycles. The Balaban J connectivity index is 3.35.